The molecule has 0 spiro atoms. The zero-order chi connectivity index (χ0) is 14.7. The lowest BCUT2D eigenvalue weighted by Crippen LogP contribution is -2.40. The molecular formula is C13H17ClN4OS. The van der Waals surface area contributed by atoms with Crippen molar-refractivity contribution in [2.45, 2.75) is 26.8 Å². The maximum absolute atomic E-state index is 11.9. The molecule has 0 radical (unpaired) electrons. The number of carbonyl (C=O) groups is 1. The summed E-state index contributed by atoms with van der Waals surface area (Å²) in [5.74, 6) is 0.683. The average molecular weight is 313 g/mol. The number of thiophene rings is 1. The van der Waals surface area contributed by atoms with Crippen LogP contribution in [0.5, 0.6) is 0 Å². The number of fused-ring (bicyclic) bond motifs is 1. The Morgan fingerprint density at radius 2 is 2.25 bits per heavy atom. The third kappa shape index (κ3) is 3.37. The van der Waals surface area contributed by atoms with E-state index < -0.39 is 0 Å². The number of nitrogens with one attached hydrogen (secondary N) is 1. The SMILES string of the molecule is CCN(CC(=O)NC(C)C)c1nc(Cl)nc2sccc12. The quantitative estimate of drug-likeness (QED) is 0.862. The molecule has 0 atom stereocenters. The third-order valence-corrected chi connectivity index (χ3v) is 3.72. The van der Waals surface area contributed by atoms with Crippen LogP contribution in [0.3, 0.4) is 0 Å². The molecule has 2 rings (SSSR count). The van der Waals surface area contributed by atoms with Crippen LogP contribution in [-0.4, -0.2) is 35.0 Å². The van der Waals surface area contributed by atoms with E-state index in [-0.39, 0.29) is 23.8 Å². The molecule has 2 heterocycles. The van der Waals surface area contributed by atoms with Gasteiger partial charge in [-0.1, -0.05) is 0 Å². The molecular weight excluding hydrogens is 296 g/mol. The highest BCUT2D eigenvalue weighted by atomic mass is 35.5. The Balaban J connectivity index is 2.29. The Labute approximate surface area is 127 Å². The summed E-state index contributed by atoms with van der Waals surface area (Å²) in [5.41, 5.74) is 0. The van der Waals surface area contributed by atoms with Crippen molar-refractivity contribution in [1.29, 1.82) is 0 Å². The smallest absolute Gasteiger partial charge is 0.239 e. The van der Waals surface area contributed by atoms with Gasteiger partial charge in [-0.2, -0.15) is 4.98 Å². The fourth-order valence-corrected chi connectivity index (χ4v) is 2.91. The van der Waals surface area contributed by atoms with Crippen molar-refractivity contribution in [3.8, 4) is 0 Å². The van der Waals surface area contributed by atoms with Gasteiger partial charge in [0.05, 0.1) is 11.9 Å². The van der Waals surface area contributed by atoms with Gasteiger partial charge in [0, 0.05) is 12.6 Å². The average Bonchev–Trinajstić information content (AvgIpc) is 2.82. The first-order valence-corrected chi connectivity index (χ1v) is 7.72. The van der Waals surface area contributed by atoms with E-state index in [2.05, 4.69) is 15.3 Å². The van der Waals surface area contributed by atoms with Gasteiger partial charge in [0.15, 0.2) is 0 Å². The van der Waals surface area contributed by atoms with E-state index in [0.717, 1.165) is 10.2 Å². The molecule has 5 nitrogen and oxygen atoms in total. The first-order valence-electron chi connectivity index (χ1n) is 6.46. The van der Waals surface area contributed by atoms with Crippen LogP contribution in [-0.2, 0) is 4.79 Å². The Morgan fingerprint density at radius 1 is 1.50 bits per heavy atom. The van der Waals surface area contributed by atoms with Crippen LogP contribution in [0.15, 0.2) is 11.4 Å². The van der Waals surface area contributed by atoms with Crippen LogP contribution in [0.25, 0.3) is 10.2 Å². The van der Waals surface area contributed by atoms with Crippen molar-refractivity contribution in [3.05, 3.63) is 16.7 Å². The molecule has 0 aromatic carbocycles. The highest BCUT2D eigenvalue weighted by Gasteiger charge is 2.16. The van der Waals surface area contributed by atoms with Gasteiger partial charge < -0.3 is 10.2 Å². The third-order valence-electron chi connectivity index (χ3n) is 2.74. The minimum atomic E-state index is -0.0278. The molecule has 0 saturated carbocycles. The molecule has 7 heteroatoms. The molecule has 0 saturated heterocycles. The predicted octanol–water partition coefficient (Wildman–Crippen LogP) is 2.70. The van der Waals surface area contributed by atoms with E-state index in [1.54, 1.807) is 0 Å². The highest BCUT2D eigenvalue weighted by molar-refractivity contribution is 7.16. The van der Waals surface area contributed by atoms with Crippen LogP contribution in [0.2, 0.25) is 5.28 Å². The van der Waals surface area contributed by atoms with Gasteiger partial charge >= 0.3 is 0 Å². The van der Waals surface area contributed by atoms with Gasteiger partial charge in [-0.15, -0.1) is 11.3 Å². The number of nitrogens with zero attached hydrogens (tertiary/aromatic N) is 3. The van der Waals surface area contributed by atoms with Gasteiger partial charge in [0.25, 0.3) is 0 Å². The van der Waals surface area contributed by atoms with E-state index in [0.29, 0.717) is 12.4 Å². The largest absolute Gasteiger partial charge is 0.352 e. The van der Waals surface area contributed by atoms with Crippen molar-refractivity contribution < 1.29 is 4.79 Å². The normalized spacial score (nSPS) is 11.1. The maximum atomic E-state index is 11.9. The number of carbonyl (C=O) groups excluding carboxylic acids is 1. The van der Waals surface area contributed by atoms with Crippen LogP contribution in [0.4, 0.5) is 5.82 Å². The number of amides is 1. The summed E-state index contributed by atoms with van der Waals surface area (Å²) in [6.07, 6.45) is 0. The lowest BCUT2D eigenvalue weighted by atomic mass is 10.3. The molecule has 2 aromatic rings. The first kappa shape index (κ1) is 15.0. The number of hydrogen-bond acceptors (Lipinski definition) is 5. The Hall–Kier alpha value is -1.40. The number of halogens is 1. The Bertz CT molecular complexity index is 613. The van der Waals surface area contributed by atoms with Gasteiger partial charge in [0.2, 0.25) is 11.2 Å². The summed E-state index contributed by atoms with van der Waals surface area (Å²) in [7, 11) is 0. The summed E-state index contributed by atoms with van der Waals surface area (Å²) >= 11 is 7.47. The van der Waals surface area contributed by atoms with Crippen molar-refractivity contribution in [3.63, 3.8) is 0 Å². The standard InChI is InChI=1S/C13H17ClN4OS/c1-4-18(7-10(19)15-8(2)3)11-9-5-6-20-12(9)17-13(14)16-11/h5-6,8H,4,7H2,1-3H3,(H,15,19). The van der Waals surface area contributed by atoms with Crippen LogP contribution in [0.1, 0.15) is 20.8 Å². The lowest BCUT2D eigenvalue weighted by molar-refractivity contribution is -0.120. The summed E-state index contributed by atoms with van der Waals surface area (Å²) in [6.45, 7) is 6.79. The second kappa shape index (κ2) is 6.37. The van der Waals surface area contributed by atoms with E-state index >= 15 is 0 Å². The fourth-order valence-electron chi connectivity index (χ4n) is 1.93. The second-order valence-corrected chi connectivity index (χ2v) is 5.92. The van der Waals surface area contributed by atoms with Crippen LogP contribution in [0, 0.1) is 0 Å². The topological polar surface area (TPSA) is 58.1 Å². The second-order valence-electron chi connectivity index (χ2n) is 4.69. The molecule has 1 N–H and O–H groups in total. The summed E-state index contributed by atoms with van der Waals surface area (Å²) in [6, 6.07) is 2.07. The minimum absolute atomic E-state index is 0.0278. The number of hydrogen-bond donors (Lipinski definition) is 1. The van der Waals surface area contributed by atoms with E-state index in [1.807, 2.05) is 37.1 Å². The summed E-state index contributed by atoms with van der Waals surface area (Å²) in [5, 5.41) is 5.96. The monoisotopic (exact) mass is 312 g/mol. The molecule has 20 heavy (non-hydrogen) atoms. The van der Waals surface area contributed by atoms with Gasteiger partial charge in [-0.05, 0) is 43.8 Å². The van der Waals surface area contributed by atoms with E-state index in [1.165, 1.54) is 11.3 Å². The molecule has 2 aromatic heterocycles. The number of likely N-dealkylation sites (N-methyl/N-ethyl adjacent to an activating group) is 1. The zero-order valence-corrected chi connectivity index (χ0v) is 13.3. The minimum Gasteiger partial charge on any atom is -0.352 e. The molecule has 0 unspecified atom stereocenters. The summed E-state index contributed by atoms with van der Waals surface area (Å²) in [4.78, 5) is 23.1. The van der Waals surface area contributed by atoms with Crippen LogP contribution >= 0.6 is 22.9 Å². The number of aromatic nitrogens is 2. The van der Waals surface area contributed by atoms with Crippen molar-refractivity contribution in [2.75, 3.05) is 18.0 Å². The number of rotatable bonds is 5. The lowest BCUT2D eigenvalue weighted by Gasteiger charge is -2.22. The first-order chi connectivity index (χ1) is 9.51. The molecule has 0 fully saturated rings. The number of anilines is 1. The molecule has 1 amide bonds. The molecule has 0 bridgehead atoms. The maximum Gasteiger partial charge on any atom is 0.239 e. The molecule has 0 aliphatic rings. The van der Waals surface area contributed by atoms with Gasteiger partial charge in [-0.3, -0.25) is 4.79 Å². The van der Waals surface area contributed by atoms with E-state index in [9.17, 15) is 4.79 Å². The van der Waals surface area contributed by atoms with Crippen molar-refractivity contribution >= 4 is 44.9 Å². The molecule has 108 valence electrons. The van der Waals surface area contributed by atoms with E-state index in [4.69, 9.17) is 11.6 Å². The fraction of sp³-hybridized carbons (Fsp3) is 0.462. The highest BCUT2D eigenvalue weighted by Crippen LogP contribution is 2.28. The Morgan fingerprint density at radius 3 is 2.90 bits per heavy atom. The van der Waals surface area contributed by atoms with Gasteiger partial charge in [-0.25, -0.2) is 4.98 Å². The predicted molar refractivity (Wildman–Crippen MR) is 83.6 cm³/mol. The molecule has 0 aliphatic heterocycles. The van der Waals surface area contributed by atoms with Gasteiger partial charge in [0.1, 0.15) is 10.6 Å². The molecule has 0 aliphatic carbocycles. The van der Waals surface area contributed by atoms with Crippen molar-refractivity contribution in [1.82, 2.24) is 15.3 Å². The van der Waals surface area contributed by atoms with Crippen LogP contribution < -0.4 is 10.2 Å². The Kier molecular flexibility index (Phi) is 4.77. The van der Waals surface area contributed by atoms with Crippen molar-refractivity contribution in [2.24, 2.45) is 0 Å². The zero-order valence-electron chi connectivity index (χ0n) is 11.7. The summed E-state index contributed by atoms with van der Waals surface area (Å²) < 4.78 is 0.